The summed E-state index contributed by atoms with van der Waals surface area (Å²) in [5.74, 6) is -1.51. The van der Waals surface area contributed by atoms with E-state index < -0.39 is 40.7 Å². The molecule has 0 aliphatic carbocycles. The number of anilines is 1. The molecule has 0 fully saturated rings. The topological polar surface area (TPSA) is 158 Å². The predicted molar refractivity (Wildman–Crippen MR) is 130 cm³/mol. The van der Waals surface area contributed by atoms with Crippen molar-refractivity contribution in [2.24, 2.45) is 13.0 Å². The number of ketones is 1. The molecule has 0 amide bonds. The standard InChI is InChI=1S/C24H27N5O7/c1-15(2)13-28-21(25)20(22(32)27(3)24(28)34)18(30)14-36-23(33)17-9-10-19(31)29(26-17)11-12-35-16-7-5-4-6-8-16/h4-10,15H,11-14,25H2,1-3H3. The normalized spacial score (nSPS) is 10.9. The summed E-state index contributed by atoms with van der Waals surface area (Å²) in [6, 6.07) is 11.3. The summed E-state index contributed by atoms with van der Waals surface area (Å²) < 4.78 is 13.5. The fourth-order valence-electron chi connectivity index (χ4n) is 3.35. The van der Waals surface area contributed by atoms with Gasteiger partial charge in [0, 0.05) is 19.7 Å². The Morgan fingerprint density at radius 2 is 1.75 bits per heavy atom. The molecule has 3 rings (SSSR count). The minimum absolute atomic E-state index is 0.0168. The molecule has 0 radical (unpaired) electrons. The third kappa shape index (κ3) is 5.95. The van der Waals surface area contributed by atoms with Crippen molar-refractivity contribution < 1.29 is 19.1 Å². The van der Waals surface area contributed by atoms with Crippen LogP contribution in [-0.4, -0.2) is 43.9 Å². The van der Waals surface area contributed by atoms with E-state index in [1.165, 1.54) is 13.1 Å². The van der Waals surface area contributed by atoms with Gasteiger partial charge in [0.2, 0.25) is 5.78 Å². The van der Waals surface area contributed by atoms with Gasteiger partial charge in [-0.15, -0.1) is 0 Å². The monoisotopic (exact) mass is 497 g/mol. The highest BCUT2D eigenvalue weighted by atomic mass is 16.5. The minimum atomic E-state index is -0.980. The van der Waals surface area contributed by atoms with Crippen LogP contribution < -0.4 is 27.3 Å². The number of rotatable bonds is 10. The first-order chi connectivity index (χ1) is 17.1. The lowest BCUT2D eigenvalue weighted by Gasteiger charge is -2.16. The van der Waals surface area contributed by atoms with E-state index in [2.05, 4.69) is 5.10 Å². The summed E-state index contributed by atoms with van der Waals surface area (Å²) in [7, 11) is 1.23. The zero-order chi connectivity index (χ0) is 26.4. The van der Waals surface area contributed by atoms with Crippen LogP contribution in [-0.2, 0) is 24.9 Å². The number of aromatic nitrogens is 4. The number of carbonyl (C=O) groups is 2. The lowest BCUT2D eigenvalue weighted by molar-refractivity contribution is 0.0465. The molecule has 0 aliphatic heterocycles. The first kappa shape index (κ1) is 26.1. The van der Waals surface area contributed by atoms with Crippen molar-refractivity contribution >= 4 is 17.6 Å². The van der Waals surface area contributed by atoms with Crippen LogP contribution in [0.2, 0.25) is 0 Å². The number of nitrogens with zero attached hydrogens (tertiary/aromatic N) is 4. The third-order valence-electron chi connectivity index (χ3n) is 5.13. The number of ether oxygens (including phenoxy) is 2. The van der Waals surface area contributed by atoms with Gasteiger partial charge in [-0.05, 0) is 24.1 Å². The van der Waals surface area contributed by atoms with Gasteiger partial charge in [0.25, 0.3) is 11.1 Å². The molecule has 2 N–H and O–H groups in total. The Hall–Kier alpha value is -4.48. The number of para-hydroxylation sites is 1. The highest BCUT2D eigenvalue weighted by molar-refractivity contribution is 6.02. The molecule has 190 valence electrons. The van der Waals surface area contributed by atoms with Gasteiger partial charge in [0.15, 0.2) is 12.3 Å². The number of hydrogen-bond acceptors (Lipinski definition) is 9. The molecule has 2 aromatic heterocycles. The summed E-state index contributed by atoms with van der Waals surface area (Å²) in [6.07, 6.45) is 0. The first-order valence-corrected chi connectivity index (χ1v) is 11.2. The van der Waals surface area contributed by atoms with Gasteiger partial charge in [-0.2, -0.15) is 5.10 Å². The molecule has 2 heterocycles. The van der Waals surface area contributed by atoms with Gasteiger partial charge in [-0.3, -0.25) is 23.5 Å². The maximum atomic E-state index is 12.7. The number of nitrogens with two attached hydrogens (primary N) is 1. The molecular formula is C24H27N5O7. The zero-order valence-corrected chi connectivity index (χ0v) is 20.2. The molecule has 1 aromatic carbocycles. The highest BCUT2D eigenvalue weighted by Crippen LogP contribution is 2.10. The van der Waals surface area contributed by atoms with Crippen LogP contribution in [0.4, 0.5) is 5.82 Å². The van der Waals surface area contributed by atoms with E-state index in [0.717, 1.165) is 19.9 Å². The van der Waals surface area contributed by atoms with Crippen molar-refractivity contribution in [1.29, 1.82) is 0 Å². The summed E-state index contributed by atoms with van der Waals surface area (Å²) in [5.41, 5.74) is 3.32. The number of carbonyl (C=O) groups excluding carboxylic acids is 2. The van der Waals surface area contributed by atoms with Gasteiger partial charge < -0.3 is 15.2 Å². The second kappa shape index (κ2) is 11.3. The quantitative estimate of drug-likeness (QED) is 0.310. The first-order valence-electron chi connectivity index (χ1n) is 11.2. The zero-order valence-electron chi connectivity index (χ0n) is 20.2. The Morgan fingerprint density at radius 1 is 1.06 bits per heavy atom. The van der Waals surface area contributed by atoms with Gasteiger partial charge in [-0.1, -0.05) is 32.0 Å². The molecule has 0 spiro atoms. The fraction of sp³-hybridized carbons (Fsp3) is 0.333. The lowest BCUT2D eigenvalue weighted by atomic mass is 10.1. The fourth-order valence-corrected chi connectivity index (χ4v) is 3.35. The molecule has 0 saturated heterocycles. The Balaban J connectivity index is 1.71. The number of Topliss-reactive ketones (excluding diaryl/α,β-unsaturated/α-hetero) is 1. The largest absolute Gasteiger partial charge is 0.492 e. The molecule has 0 bridgehead atoms. The molecule has 36 heavy (non-hydrogen) atoms. The van der Waals surface area contributed by atoms with Crippen molar-refractivity contribution in [3.05, 3.63) is 84.9 Å². The summed E-state index contributed by atoms with van der Waals surface area (Å²) in [5, 5.41) is 3.96. The predicted octanol–water partition coefficient (Wildman–Crippen LogP) is 0.461. The van der Waals surface area contributed by atoms with Crippen LogP contribution in [0.1, 0.15) is 34.7 Å². The van der Waals surface area contributed by atoms with Crippen LogP contribution in [0.5, 0.6) is 5.75 Å². The average Bonchev–Trinajstić information content (AvgIpc) is 2.85. The molecule has 0 unspecified atom stereocenters. The summed E-state index contributed by atoms with van der Waals surface area (Å²) in [6.45, 7) is 3.27. The molecule has 12 heteroatoms. The lowest BCUT2D eigenvalue weighted by Crippen LogP contribution is -2.43. The van der Waals surface area contributed by atoms with E-state index in [4.69, 9.17) is 15.2 Å². The van der Waals surface area contributed by atoms with Crippen molar-refractivity contribution in [3.63, 3.8) is 0 Å². The number of hydrogen-bond donors (Lipinski definition) is 1. The van der Waals surface area contributed by atoms with E-state index in [-0.39, 0.29) is 37.1 Å². The number of esters is 1. The van der Waals surface area contributed by atoms with Crippen molar-refractivity contribution in [3.8, 4) is 5.75 Å². The summed E-state index contributed by atoms with van der Waals surface area (Å²) >= 11 is 0. The van der Waals surface area contributed by atoms with Crippen LogP contribution in [0, 0.1) is 5.92 Å². The third-order valence-corrected chi connectivity index (χ3v) is 5.13. The minimum Gasteiger partial charge on any atom is -0.492 e. The van der Waals surface area contributed by atoms with Gasteiger partial charge in [0.05, 0.1) is 6.54 Å². The molecular weight excluding hydrogens is 470 g/mol. The van der Waals surface area contributed by atoms with Crippen LogP contribution in [0.25, 0.3) is 0 Å². The van der Waals surface area contributed by atoms with Gasteiger partial charge in [-0.25, -0.2) is 14.3 Å². The Labute approximate surface area is 205 Å². The van der Waals surface area contributed by atoms with E-state index in [9.17, 15) is 24.0 Å². The Bertz CT molecular complexity index is 1440. The molecule has 0 saturated carbocycles. The molecule has 0 aliphatic rings. The average molecular weight is 498 g/mol. The maximum absolute atomic E-state index is 12.7. The van der Waals surface area contributed by atoms with Crippen LogP contribution in [0.3, 0.4) is 0 Å². The van der Waals surface area contributed by atoms with Crippen LogP contribution in [0.15, 0.2) is 56.8 Å². The second-order valence-corrected chi connectivity index (χ2v) is 8.35. The van der Waals surface area contributed by atoms with Crippen molar-refractivity contribution in [2.45, 2.75) is 26.9 Å². The van der Waals surface area contributed by atoms with E-state index in [1.54, 1.807) is 24.3 Å². The van der Waals surface area contributed by atoms with Crippen LogP contribution >= 0.6 is 0 Å². The Kier molecular flexibility index (Phi) is 8.20. The molecule has 12 nitrogen and oxygen atoms in total. The Morgan fingerprint density at radius 3 is 2.42 bits per heavy atom. The van der Waals surface area contributed by atoms with Crippen molar-refractivity contribution in [2.75, 3.05) is 18.9 Å². The van der Waals surface area contributed by atoms with Gasteiger partial charge >= 0.3 is 11.7 Å². The number of benzene rings is 1. The van der Waals surface area contributed by atoms with Gasteiger partial charge in [0.1, 0.15) is 23.7 Å². The maximum Gasteiger partial charge on any atom is 0.359 e. The molecule has 3 aromatic rings. The van der Waals surface area contributed by atoms with E-state index in [1.807, 2.05) is 19.9 Å². The summed E-state index contributed by atoms with van der Waals surface area (Å²) in [4.78, 5) is 62.2. The smallest absolute Gasteiger partial charge is 0.359 e. The number of nitrogen functional groups attached to an aromatic ring is 1. The molecule has 0 atom stereocenters. The SMILES string of the molecule is CC(C)Cn1c(N)c(C(=O)COC(=O)c2ccc(=O)n(CCOc3ccccc3)n2)c(=O)n(C)c1=O. The van der Waals surface area contributed by atoms with E-state index >= 15 is 0 Å². The highest BCUT2D eigenvalue weighted by Gasteiger charge is 2.23. The van der Waals surface area contributed by atoms with E-state index in [0.29, 0.717) is 5.75 Å². The second-order valence-electron chi connectivity index (χ2n) is 8.35. The van der Waals surface area contributed by atoms with Crippen molar-refractivity contribution in [1.82, 2.24) is 18.9 Å².